The first-order chi connectivity index (χ1) is 16.1. The molecule has 1 aromatic heterocycles. The van der Waals surface area contributed by atoms with Crippen LogP contribution in [0.2, 0.25) is 5.02 Å². The molecule has 1 fully saturated rings. The lowest BCUT2D eigenvalue weighted by atomic mass is 10.2. The predicted molar refractivity (Wildman–Crippen MR) is 126 cm³/mol. The largest absolute Gasteiger partial charge is 0.378 e. The molecule has 0 aliphatic carbocycles. The summed E-state index contributed by atoms with van der Waals surface area (Å²) in [5.41, 5.74) is 4.16. The Balaban J connectivity index is 1.53. The van der Waals surface area contributed by atoms with E-state index in [2.05, 4.69) is 30.8 Å². The minimum atomic E-state index is -0.494. The van der Waals surface area contributed by atoms with E-state index in [9.17, 15) is 10.1 Å². The van der Waals surface area contributed by atoms with Crippen molar-refractivity contribution in [3.05, 3.63) is 74.8 Å². The highest BCUT2D eigenvalue weighted by atomic mass is 35.5. The van der Waals surface area contributed by atoms with Gasteiger partial charge in [0.05, 0.1) is 24.4 Å². The van der Waals surface area contributed by atoms with E-state index in [0.29, 0.717) is 55.3 Å². The topological polar surface area (TPSA) is 131 Å². The van der Waals surface area contributed by atoms with E-state index < -0.39 is 4.92 Å². The molecule has 33 heavy (non-hydrogen) atoms. The molecule has 1 aliphatic rings. The first kappa shape index (κ1) is 22.4. The van der Waals surface area contributed by atoms with Crippen molar-refractivity contribution < 1.29 is 9.66 Å². The van der Waals surface area contributed by atoms with E-state index in [1.165, 1.54) is 24.4 Å². The number of nitrogens with zero attached hydrogens (tertiary/aromatic N) is 6. The molecule has 0 unspecified atom stereocenters. The molecule has 2 N–H and O–H groups in total. The normalized spacial score (nSPS) is 13.8. The third kappa shape index (κ3) is 6.11. The number of halogens is 1. The smallest absolute Gasteiger partial charge is 0.270 e. The number of nitro benzene ring substituents is 1. The van der Waals surface area contributed by atoms with Gasteiger partial charge in [0.2, 0.25) is 17.8 Å². The van der Waals surface area contributed by atoms with E-state index in [4.69, 9.17) is 16.3 Å². The predicted octanol–water partition coefficient (Wildman–Crippen LogP) is 3.33. The van der Waals surface area contributed by atoms with Crippen LogP contribution in [0.3, 0.4) is 0 Å². The van der Waals surface area contributed by atoms with Crippen molar-refractivity contribution in [1.29, 1.82) is 0 Å². The summed E-state index contributed by atoms with van der Waals surface area (Å²) in [5, 5.41) is 18.7. The van der Waals surface area contributed by atoms with Crippen LogP contribution in [0.4, 0.5) is 23.5 Å². The third-order valence-corrected chi connectivity index (χ3v) is 5.11. The lowest BCUT2D eigenvalue weighted by Gasteiger charge is -2.27. The molecule has 0 saturated carbocycles. The number of hydrogen-bond acceptors (Lipinski definition) is 10. The first-order valence-electron chi connectivity index (χ1n) is 10.2. The van der Waals surface area contributed by atoms with E-state index in [1.807, 2.05) is 35.2 Å². The van der Waals surface area contributed by atoms with E-state index in [-0.39, 0.29) is 11.6 Å². The lowest BCUT2D eigenvalue weighted by Crippen LogP contribution is -2.37. The molecule has 2 aromatic carbocycles. The second-order valence-electron chi connectivity index (χ2n) is 7.05. The summed E-state index contributed by atoms with van der Waals surface area (Å²) in [6, 6.07) is 14.0. The summed E-state index contributed by atoms with van der Waals surface area (Å²) in [4.78, 5) is 25.9. The van der Waals surface area contributed by atoms with E-state index in [0.717, 1.165) is 5.56 Å². The van der Waals surface area contributed by atoms with Crippen molar-refractivity contribution in [2.45, 2.75) is 6.54 Å². The number of nitro groups is 1. The molecule has 4 rings (SSSR count). The van der Waals surface area contributed by atoms with Gasteiger partial charge in [-0.3, -0.25) is 10.1 Å². The van der Waals surface area contributed by atoms with Gasteiger partial charge in [-0.15, -0.1) is 0 Å². The van der Waals surface area contributed by atoms with Crippen molar-refractivity contribution >= 4 is 41.3 Å². The number of anilines is 3. The molecule has 11 nitrogen and oxygen atoms in total. The molecule has 0 spiro atoms. The van der Waals surface area contributed by atoms with E-state index >= 15 is 0 Å². The summed E-state index contributed by atoms with van der Waals surface area (Å²) in [6.07, 6.45) is 1.38. The first-order valence-corrected chi connectivity index (χ1v) is 10.6. The molecule has 1 aliphatic heterocycles. The maximum atomic E-state index is 11.0. The summed E-state index contributed by atoms with van der Waals surface area (Å²) in [6.45, 7) is 3.04. The number of hydrogen-bond donors (Lipinski definition) is 2. The fourth-order valence-electron chi connectivity index (χ4n) is 3.08. The Bertz CT molecular complexity index is 1140. The number of nitrogens with one attached hydrogen (secondary N) is 2. The molecular weight excluding hydrogens is 448 g/mol. The number of hydrazone groups is 1. The van der Waals surface area contributed by atoms with Gasteiger partial charge in [0.15, 0.2) is 0 Å². The Morgan fingerprint density at radius 1 is 1.12 bits per heavy atom. The Kier molecular flexibility index (Phi) is 7.22. The maximum absolute atomic E-state index is 11.0. The number of non-ortho nitro benzene ring substituents is 1. The standard InChI is InChI=1S/C21H21ClN8O3/c22-18-7-6-17(30(31)32)12-16(18)14-24-28-20-25-19(23-13-15-4-2-1-3-5-15)26-21(27-20)29-8-10-33-11-9-29/h1-7,12,14H,8-11,13H2,(H2,23,25,26,27,28)/b24-14+. The van der Waals surface area contributed by atoms with Gasteiger partial charge in [-0.1, -0.05) is 41.9 Å². The molecule has 0 amide bonds. The summed E-state index contributed by atoms with van der Waals surface area (Å²) < 4.78 is 5.41. The van der Waals surface area contributed by atoms with Crippen molar-refractivity contribution in [2.24, 2.45) is 5.10 Å². The van der Waals surface area contributed by atoms with Crippen LogP contribution < -0.4 is 15.6 Å². The average molecular weight is 469 g/mol. The molecule has 12 heteroatoms. The monoisotopic (exact) mass is 468 g/mol. The Morgan fingerprint density at radius 2 is 1.88 bits per heavy atom. The molecule has 0 bridgehead atoms. The van der Waals surface area contributed by atoms with Crippen molar-refractivity contribution in [1.82, 2.24) is 15.0 Å². The summed E-state index contributed by atoms with van der Waals surface area (Å²) >= 11 is 6.12. The summed E-state index contributed by atoms with van der Waals surface area (Å²) in [7, 11) is 0. The zero-order valence-electron chi connectivity index (χ0n) is 17.5. The van der Waals surface area contributed by atoms with Crippen LogP contribution in [0, 0.1) is 10.1 Å². The van der Waals surface area contributed by atoms with Crippen molar-refractivity contribution in [3.8, 4) is 0 Å². The van der Waals surface area contributed by atoms with Crippen molar-refractivity contribution in [2.75, 3.05) is 41.9 Å². The van der Waals surface area contributed by atoms with Crippen LogP contribution in [0.15, 0.2) is 53.6 Å². The quantitative estimate of drug-likeness (QED) is 0.290. The second kappa shape index (κ2) is 10.7. The fourth-order valence-corrected chi connectivity index (χ4v) is 3.25. The van der Waals surface area contributed by atoms with Crippen LogP contribution in [0.5, 0.6) is 0 Å². The van der Waals surface area contributed by atoms with Crippen LogP contribution >= 0.6 is 11.6 Å². The van der Waals surface area contributed by atoms with Gasteiger partial charge in [0.25, 0.3) is 5.69 Å². The molecule has 3 aromatic rings. The minimum Gasteiger partial charge on any atom is -0.378 e. The van der Waals surface area contributed by atoms with Crippen LogP contribution in [-0.4, -0.2) is 52.4 Å². The maximum Gasteiger partial charge on any atom is 0.270 e. The van der Waals surface area contributed by atoms with Gasteiger partial charge in [0, 0.05) is 42.4 Å². The highest BCUT2D eigenvalue weighted by molar-refractivity contribution is 6.33. The number of aromatic nitrogens is 3. The van der Waals surface area contributed by atoms with Crippen LogP contribution in [0.25, 0.3) is 0 Å². The SMILES string of the molecule is O=[N+]([O-])c1ccc(Cl)c(/C=N/Nc2nc(NCc3ccccc3)nc(N3CCOCC3)n2)c1. The molecule has 170 valence electrons. The Hall–Kier alpha value is -3.83. The summed E-state index contributed by atoms with van der Waals surface area (Å²) in [5.74, 6) is 1.11. The Morgan fingerprint density at radius 3 is 2.64 bits per heavy atom. The lowest BCUT2D eigenvalue weighted by molar-refractivity contribution is -0.384. The molecule has 2 heterocycles. The average Bonchev–Trinajstić information content (AvgIpc) is 2.85. The molecule has 0 radical (unpaired) electrons. The third-order valence-electron chi connectivity index (χ3n) is 4.77. The highest BCUT2D eigenvalue weighted by Crippen LogP contribution is 2.21. The van der Waals surface area contributed by atoms with Gasteiger partial charge < -0.3 is 15.0 Å². The number of benzene rings is 2. The second-order valence-corrected chi connectivity index (χ2v) is 7.46. The van der Waals surface area contributed by atoms with Gasteiger partial charge in [0.1, 0.15) is 0 Å². The minimum absolute atomic E-state index is 0.0805. The highest BCUT2D eigenvalue weighted by Gasteiger charge is 2.16. The van der Waals surface area contributed by atoms with Gasteiger partial charge in [-0.25, -0.2) is 5.43 Å². The van der Waals surface area contributed by atoms with Gasteiger partial charge in [-0.2, -0.15) is 20.1 Å². The number of ether oxygens (including phenoxy) is 1. The van der Waals surface area contributed by atoms with Gasteiger partial charge in [-0.05, 0) is 11.6 Å². The van der Waals surface area contributed by atoms with Crippen LogP contribution in [0.1, 0.15) is 11.1 Å². The number of morpholine rings is 1. The zero-order chi connectivity index (χ0) is 23.0. The molecule has 1 saturated heterocycles. The van der Waals surface area contributed by atoms with Crippen LogP contribution in [-0.2, 0) is 11.3 Å². The van der Waals surface area contributed by atoms with Gasteiger partial charge >= 0.3 is 0 Å². The van der Waals surface area contributed by atoms with E-state index in [1.54, 1.807) is 0 Å². The zero-order valence-corrected chi connectivity index (χ0v) is 18.3. The Labute approximate surface area is 194 Å². The van der Waals surface area contributed by atoms with Crippen molar-refractivity contribution in [3.63, 3.8) is 0 Å². The molecule has 0 atom stereocenters. The fraction of sp³-hybridized carbons (Fsp3) is 0.238. The molecular formula is C21H21ClN8O3. The number of rotatable bonds is 8.